The molecule has 0 N–H and O–H groups in total. The molecule has 4 heteroatoms. The first-order valence-electron chi connectivity index (χ1n) is 5.99. The van der Waals surface area contributed by atoms with Crippen LogP contribution >= 0.6 is 0 Å². The molecule has 92 valence electrons. The molecular weight excluding hydrogens is 214 g/mol. The summed E-state index contributed by atoms with van der Waals surface area (Å²) in [6.07, 6.45) is 3.92. The van der Waals surface area contributed by atoms with Crippen molar-refractivity contribution in [2.45, 2.75) is 12.5 Å². The quantitative estimate of drug-likeness (QED) is 0.727. The molecule has 0 saturated carbocycles. The van der Waals surface area contributed by atoms with E-state index in [1.165, 1.54) is 0 Å². The van der Waals surface area contributed by atoms with Gasteiger partial charge < -0.3 is 9.80 Å². The Morgan fingerprint density at radius 3 is 3.00 bits per heavy atom. The van der Waals surface area contributed by atoms with E-state index in [2.05, 4.69) is 28.9 Å². The molecule has 2 heterocycles. The molecule has 1 aromatic rings. The Balaban J connectivity index is 1.98. The average Bonchev–Trinajstić information content (AvgIpc) is 2.35. The normalized spacial score (nSPS) is 22.6. The number of rotatable bonds is 3. The van der Waals surface area contributed by atoms with Crippen molar-refractivity contribution in [1.82, 2.24) is 14.8 Å². The fourth-order valence-electron chi connectivity index (χ4n) is 2.18. The van der Waals surface area contributed by atoms with E-state index in [9.17, 15) is 4.79 Å². The lowest BCUT2D eigenvalue weighted by Crippen LogP contribution is -2.50. The van der Waals surface area contributed by atoms with Crippen molar-refractivity contribution < 1.29 is 4.79 Å². The van der Waals surface area contributed by atoms with Crippen LogP contribution in [0.5, 0.6) is 0 Å². The van der Waals surface area contributed by atoms with Crippen LogP contribution in [0.4, 0.5) is 0 Å². The van der Waals surface area contributed by atoms with E-state index in [4.69, 9.17) is 0 Å². The summed E-state index contributed by atoms with van der Waals surface area (Å²) in [5.41, 5.74) is 0.717. The molecule has 1 aliphatic rings. The summed E-state index contributed by atoms with van der Waals surface area (Å²) in [5.74, 6) is 0.185. The fourth-order valence-corrected chi connectivity index (χ4v) is 2.18. The Morgan fingerprint density at radius 1 is 1.47 bits per heavy atom. The van der Waals surface area contributed by atoms with Crippen molar-refractivity contribution in [2.24, 2.45) is 0 Å². The fraction of sp³-hybridized carbons (Fsp3) is 0.538. The lowest BCUT2D eigenvalue weighted by molar-refractivity contribution is 0.0810. The monoisotopic (exact) mass is 233 g/mol. The lowest BCUT2D eigenvalue weighted by atomic mass is 10.0. The van der Waals surface area contributed by atoms with Gasteiger partial charge in [-0.15, -0.1) is 0 Å². The zero-order valence-electron chi connectivity index (χ0n) is 10.5. The van der Waals surface area contributed by atoms with Gasteiger partial charge in [0.05, 0.1) is 0 Å². The van der Waals surface area contributed by atoms with E-state index in [-0.39, 0.29) is 5.78 Å². The van der Waals surface area contributed by atoms with Crippen LogP contribution in [0, 0.1) is 0 Å². The number of pyridine rings is 1. The van der Waals surface area contributed by atoms with Crippen molar-refractivity contribution in [3.8, 4) is 0 Å². The molecule has 1 atom stereocenters. The number of Topliss-reactive ketones (excluding diaryl/α,β-unsaturated/α-hetero) is 1. The number of piperazine rings is 1. The van der Waals surface area contributed by atoms with Crippen LogP contribution in [-0.2, 0) is 0 Å². The lowest BCUT2D eigenvalue weighted by Gasteiger charge is -2.37. The molecule has 1 fully saturated rings. The summed E-state index contributed by atoms with van der Waals surface area (Å²) in [6, 6.07) is 3.97. The molecule has 0 aliphatic carbocycles. The summed E-state index contributed by atoms with van der Waals surface area (Å²) in [6.45, 7) is 3.07. The number of hydrogen-bond donors (Lipinski definition) is 0. The molecule has 0 amide bonds. The first-order valence-corrected chi connectivity index (χ1v) is 5.99. The van der Waals surface area contributed by atoms with Crippen LogP contribution in [0.15, 0.2) is 24.5 Å². The van der Waals surface area contributed by atoms with Gasteiger partial charge in [0.15, 0.2) is 5.78 Å². The third kappa shape index (κ3) is 3.11. The summed E-state index contributed by atoms with van der Waals surface area (Å²) < 4.78 is 0. The van der Waals surface area contributed by atoms with E-state index in [0.29, 0.717) is 18.0 Å². The number of ketones is 1. The van der Waals surface area contributed by atoms with Crippen LogP contribution in [0.1, 0.15) is 16.8 Å². The van der Waals surface area contributed by atoms with Crippen LogP contribution in [0.25, 0.3) is 0 Å². The van der Waals surface area contributed by atoms with Gasteiger partial charge in [0.2, 0.25) is 0 Å². The third-order valence-electron chi connectivity index (χ3n) is 3.38. The predicted molar refractivity (Wildman–Crippen MR) is 67.1 cm³/mol. The molecule has 4 nitrogen and oxygen atoms in total. The zero-order chi connectivity index (χ0) is 12.3. The molecule has 2 rings (SSSR count). The van der Waals surface area contributed by atoms with Crippen LogP contribution in [-0.4, -0.2) is 60.3 Å². The molecule has 17 heavy (non-hydrogen) atoms. The highest BCUT2D eigenvalue weighted by molar-refractivity contribution is 5.96. The smallest absolute Gasteiger partial charge is 0.166 e. The standard InChI is InChI=1S/C13H19N3O/c1-15-6-7-16(2)12(10-15)8-13(17)11-4-3-5-14-9-11/h3-5,9,12H,6-8,10H2,1-2H3. The SMILES string of the molecule is CN1CCN(C)C(CC(=O)c2cccnc2)C1. The Morgan fingerprint density at radius 2 is 2.29 bits per heavy atom. The topological polar surface area (TPSA) is 36.4 Å². The maximum absolute atomic E-state index is 12.1. The van der Waals surface area contributed by atoms with E-state index in [1.54, 1.807) is 12.4 Å². The predicted octanol–water partition coefficient (Wildman–Crippen LogP) is 0.900. The third-order valence-corrected chi connectivity index (χ3v) is 3.38. The van der Waals surface area contributed by atoms with E-state index in [1.807, 2.05) is 12.1 Å². The Hall–Kier alpha value is -1.26. The molecule has 0 aromatic carbocycles. The molecule has 1 unspecified atom stereocenters. The number of aromatic nitrogens is 1. The number of likely N-dealkylation sites (N-methyl/N-ethyl adjacent to an activating group) is 2. The van der Waals surface area contributed by atoms with Crippen LogP contribution < -0.4 is 0 Å². The van der Waals surface area contributed by atoms with Crippen molar-refractivity contribution in [3.05, 3.63) is 30.1 Å². The van der Waals surface area contributed by atoms with Gasteiger partial charge in [-0.1, -0.05) is 0 Å². The van der Waals surface area contributed by atoms with Gasteiger partial charge in [0, 0.05) is 50.1 Å². The number of nitrogens with zero attached hydrogens (tertiary/aromatic N) is 3. The Kier molecular flexibility index (Phi) is 3.86. The van der Waals surface area contributed by atoms with E-state index < -0.39 is 0 Å². The van der Waals surface area contributed by atoms with Crippen molar-refractivity contribution in [2.75, 3.05) is 33.7 Å². The van der Waals surface area contributed by atoms with Gasteiger partial charge in [-0.05, 0) is 26.2 Å². The largest absolute Gasteiger partial charge is 0.304 e. The highest BCUT2D eigenvalue weighted by Gasteiger charge is 2.24. The second kappa shape index (κ2) is 5.38. The van der Waals surface area contributed by atoms with Gasteiger partial charge in [-0.3, -0.25) is 9.78 Å². The number of hydrogen-bond acceptors (Lipinski definition) is 4. The summed E-state index contributed by atoms with van der Waals surface area (Å²) in [4.78, 5) is 20.6. The van der Waals surface area contributed by atoms with Crippen molar-refractivity contribution in [3.63, 3.8) is 0 Å². The van der Waals surface area contributed by atoms with E-state index >= 15 is 0 Å². The van der Waals surface area contributed by atoms with Gasteiger partial charge in [0.25, 0.3) is 0 Å². The molecule has 1 saturated heterocycles. The Labute approximate surface area is 102 Å². The highest BCUT2D eigenvalue weighted by Crippen LogP contribution is 2.12. The second-order valence-electron chi connectivity index (χ2n) is 4.77. The van der Waals surface area contributed by atoms with E-state index in [0.717, 1.165) is 19.6 Å². The summed E-state index contributed by atoms with van der Waals surface area (Å²) in [7, 11) is 4.20. The summed E-state index contributed by atoms with van der Waals surface area (Å²) >= 11 is 0. The highest BCUT2D eigenvalue weighted by atomic mass is 16.1. The van der Waals surface area contributed by atoms with Crippen molar-refractivity contribution in [1.29, 1.82) is 0 Å². The molecule has 1 aromatic heterocycles. The minimum Gasteiger partial charge on any atom is -0.304 e. The second-order valence-corrected chi connectivity index (χ2v) is 4.77. The first kappa shape index (κ1) is 12.2. The number of carbonyl (C=O) groups is 1. The number of carbonyl (C=O) groups excluding carboxylic acids is 1. The minimum atomic E-state index is 0.185. The van der Waals surface area contributed by atoms with Crippen LogP contribution in [0.3, 0.4) is 0 Å². The molecule has 0 spiro atoms. The maximum atomic E-state index is 12.1. The van der Waals surface area contributed by atoms with Crippen molar-refractivity contribution >= 4 is 5.78 Å². The van der Waals surface area contributed by atoms with Crippen LogP contribution in [0.2, 0.25) is 0 Å². The van der Waals surface area contributed by atoms with Gasteiger partial charge >= 0.3 is 0 Å². The minimum absolute atomic E-state index is 0.185. The molecule has 1 aliphatic heterocycles. The molecule has 0 bridgehead atoms. The Bertz CT molecular complexity index is 380. The van der Waals surface area contributed by atoms with Gasteiger partial charge in [-0.25, -0.2) is 0 Å². The molecule has 0 radical (unpaired) electrons. The van der Waals surface area contributed by atoms with Gasteiger partial charge in [-0.2, -0.15) is 0 Å². The summed E-state index contributed by atoms with van der Waals surface area (Å²) in [5, 5.41) is 0. The molecular formula is C13H19N3O. The average molecular weight is 233 g/mol. The first-order chi connectivity index (χ1) is 8.16. The zero-order valence-corrected chi connectivity index (χ0v) is 10.5. The van der Waals surface area contributed by atoms with Gasteiger partial charge in [0.1, 0.15) is 0 Å². The maximum Gasteiger partial charge on any atom is 0.166 e.